The number of halogens is 1. The number of unbranched alkanes of at least 4 members (excludes halogenated alkanes) is 1. The summed E-state index contributed by atoms with van der Waals surface area (Å²) in [4.78, 5) is 19.8. The van der Waals surface area contributed by atoms with Gasteiger partial charge in [-0.25, -0.2) is 9.78 Å². The van der Waals surface area contributed by atoms with E-state index in [0.29, 0.717) is 0 Å². The van der Waals surface area contributed by atoms with Gasteiger partial charge in [-0.3, -0.25) is 4.98 Å². The molecule has 21 heavy (non-hydrogen) atoms. The Hall–Kier alpha value is -2.24. The molecule has 5 nitrogen and oxygen atoms in total. The van der Waals surface area contributed by atoms with Gasteiger partial charge in [0.05, 0.1) is 24.7 Å². The molecule has 2 aromatic rings. The van der Waals surface area contributed by atoms with Crippen molar-refractivity contribution < 1.29 is 13.9 Å². The summed E-state index contributed by atoms with van der Waals surface area (Å²) in [5.41, 5.74) is 0.557. The summed E-state index contributed by atoms with van der Waals surface area (Å²) in [6, 6.07) is 5.14. The molecule has 0 unspecified atom stereocenters. The Morgan fingerprint density at radius 1 is 1.43 bits per heavy atom. The summed E-state index contributed by atoms with van der Waals surface area (Å²) in [7, 11) is 0. The Bertz CT molecular complexity index is 598. The third kappa shape index (κ3) is 3.45. The molecule has 2 rings (SSSR count). The molecular formula is C15H18FN3O2. The van der Waals surface area contributed by atoms with E-state index in [1.165, 1.54) is 10.9 Å². The summed E-state index contributed by atoms with van der Waals surface area (Å²) in [5, 5.41) is 0. The number of imidazole rings is 1. The van der Waals surface area contributed by atoms with Gasteiger partial charge in [-0.2, -0.15) is 4.39 Å². The topological polar surface area (TPSA) is 57.0 Å². The number of pyridine rings is 1. The number of esters is 1. The predicted octanol–water partition coefficient (Wildman–Crippen LogP) is 2.98. The van der Waals surface area contributed by atoms with Gasteiger partial charge in [-0.05, 0) is 25.5 Å². The molecule has 0 spiro atoms. The highest BCUT2D eigenvalue weighted by Gasteiger charge is 2.24. The van der Waals surface area contributed by atoms with Crippen LogP contribution in [0.4, 0.5) is 4.39 Å². The molecule has 0 bridgehead atoms. The van der Waals surface area contributed by atoms with Crippen LogP contribution >= 0.6 is 0 Å². The second-order valence-corrected chi connectivity index (χ2v) is 4.71. The quantitative estimate of drug-likeness (QED) is 0.606. The molecule has 0 saturated heterocycles. The Kier molecular flexibility index (Phi) is 5.03. The molecule has 0 saturated carbocycles. The third-order valence-corrected chi connectivity index (χ3v) is 3.21. The van der Waals surface area contributed by atoms with Gasteiger partial charge in [-0.15, -0.1) is 0 Å². The van der Waals surface area contributed by atoms with Gasteiger partial charge in [-0.1, -0.05) is 19.4 Å². The van der Waals surface area contributed by atoms with Gasteiger partial charge in [0, 0.05) is 6.20 Å². The maximum Gasteiger partial charge on any atom is 0.359 e. The molecular weight excluding hydrogens is 273 g/mol. The van der Waals surface area contributed by atoms with Crippen LogP contribution in [0.25, 0.3) is 0 Å². The summed E-state index contributed by atoms with van der Waals surface area (Å²) in [5.74, 6) is -1.51. The van der Waals surface area contributed by atoms with E-state index in [0.717, 1.165) is 18.5 Å². The summed E-state index contributed by atoms with van der Waals surface area (Å²) in [6.45, 7) is 4.09. The van der Waals surface area contributed by atoms with Crippen LogP contribution in [0.2, 0.25) is 0 Å². The van der Waals surface area contributed by atoms with E-state index in [9.17, 15) is 9.18 Å². The number of rotatable bonds is 6. The second kappa shape index (κ2) is 6.97. The number of aromatic nitrogens is 3. The SMILES string of the molecule is CCCCOC(=O)c1c(F)ncn1[C@H](C)c1ccccn1. The lowest BCUT2D eigenvalue weighted by Crippen LogP contribution is -2.18. The number of carbonyl (C=O) groups is 1. The number of ether oxygens (including phenoxy) is 1. The molecule has 6 heteroatoms. The van der Waals surface area contributed by atoms with Crippen molar-refractivity contribution >= 4 is 5.97 Å². The molecule has 0 aliphatic carbocycles. The van der Waals surface area contributed by atoms with Gasteiger partial charge in [0.15, 0.2) is 5.69 Å². The average Bonchev–Trinajstić information content (AvgIpc) is 2.89. The molecule has 112 valence electrons. The lowest BCUT2D eigenvalue weighted by Gasteiger charge is -2.15. The monoisotopic (exact) mass is 291 g/mol. The van der Waals surface area contributed by atoms with E-state index >= 15 is 0 Å². The standard InChI is InChI=1S/C15H18FN3O2/c1-3-4-9-21-15(20)13-14(16)18-10-19(13)11(2)12-7-5-6-8-17-12/h5-8,10-11H,3-4,9H2,1-2H3/t11-/m1/s1. The zero-order chi connectivity index (χ0) is 15.2. The van der Waals surface area contributed by atoms with E-state index in [2.05, 4.69) is 9.97 Å². The first kappa shape index (κ1) is 15.2. The van der Waals surface area contributed by atoms with Crippen molar-refractivity contribution in [3.05, 3.63) is 48.1 Å². The van der Waals surface area contributed by atoms with Crippen LogP contribution < -0.4 is 0 Å². The van der Waals surface area contributed by atoms with Gasteiger partial charge in [0.2, 0.25) is 5.95 Å². The van der Waals surface area contributed by atoms with Crippen molar-refractivity contribution in [2.24, 2.45) is 0 Å². The van der Waals surface area contributed by atoms with Crippen molar-refractivity contribution in [3.63, 3.8) is 0 Å². The highest BCUT2D eigenvalue weighted by atomic mass is 19.1. The van der Waals surface area contributed by atoms with E-state index in [4.69, 9.17) is 4.74 Å². The summed E-state index contributed by atoms with van der Waals surface area (Å²) < 4.78 is 20.3. The van der Waals surface area contributed by atoms with Crippen LogP contribution in [0.5, 0.6) is 0 Å². The molecule has 1 atom stereocenters. The number of nitrogens with zero attached hydrogens (tertiary/aromatic N) is 3. The lowest BCUT2D eigenvalue weighted by atomic mass is 10.2. The summed E-state index contributed by atoms with van der Waals surface area (Å²) >= 11 is 0. The van der Waals surface area contributed by atoms with Crippen molar-refractivity contribution in [2.45, 2.75) is 32.7 Å². The normalized spacial score (nSPS) is 12.1. The predicted molar refractivity (Wildman–Crippen MR) is 75.4 cm³/mol. The highest BCUT2D eigenvalue weighted by Crippen LogP contribution is 2.20. The smallest absolute Gasteiger partial charge is 0.359 e. The van der Waals surface area contributed by atoms with Crippen LogP contribution in [-0.2, 0) is 4.74 Å². The fourth-order valence-electron chi connectivity index (χ4n) is 1.96. The minimum Gasteiger partial charge on any atom is -0.461 e. The highest BCUT2D eigenvalue weighted by molar-refractivity contribution is 5.87. The molecule has 0 aromatic carbocycles. The Labute approximate surface area is 122 Å². The molecule has 2 aromatic heterocycles. The van der Waals surface area contributed by atoms with Crippen LogP contribution in [0, 0.1) is 5.95 Å². The molecule has 0 aliphatic rings. The number of carbonyl (C=O) groups excluding carboxylic acids is 1. The van der Waals surface area contributed by atoms with Gasteiger partial charge < -0.3 is 9.30 Å². The first-order chi connectivity index (χ1) is 10.1. The average molecular weight is 291 g/mol. The van der Waals surface area contributed by atoms with Crippen molar-refractivity contribution in [1.82, 2.24) is 14.5 Å². The largest absolute Gasteiger partial charge is 0.461 e. The first-order valence-electron chi connectivity index (χ1n) is 6.95. The molecule has 0 fully saturated rings. The third-order valence-electron chi connectivity index (χ3n) is 3.21. The molecule has 2 heterocycles. The van der Waals surface area contributed by atoms with Crippen LogP contribution in [0.1, 0.15) is 48.9 Å². The zero-order valence-electron chi connectivity index (χ0n) is 12.1. The number of hydrogen-bond donors (Lipinski definition) is 0. The maximum absolute atomic E-state index is 13.8. The van der Waals surface area contributed by atoms with Gasteiger partial charge >= 0.3 is 5.97 Å². The first-order valence-corrected chi connectivity index (χ1v) is 6.95. The Morgan fingerprint density at radius 2 is 2.24 bits per heavy atom. The molecule has 0 amide bonds. The van der Waals surface area contributed by atoms with Gasteiger partial charge in [0.25, 0.3) is 0 Å². The van der Waals surface area contributed by atoms with E-state index in [-0.39, 0.29) is 18.3 Å². The fraction of sp³-hybridized carbons (Fsp3) is 0.400. The fourth-order valence-corrected chi connectivity index (χ4v) is 1.96. The van der Waals surface area contributed by atoms with Crippen LogP contribution in [-0.4, -0.2) is 27.1 Å². The van der Waals surface area contributed by atoms with Crippen molar-refractivity contribution in [2.75, 3.05) is 6.61 Å². The van der Waals surface area contributed by atoms with Crippen LogP contribution in [0.15, 0.2) is 30.7 Å². The van der Waals surface area contributed by atoms with E-state index in [1.54, 1.807) is 12.3 Å². The molecule has 0 radical (unpaired) electrons. The second-order valence-electron chi connectivity index (χ2n) is 4.71. The van der Waals surface area contributed by atoms with Gasteiger partial charge in [0.1, 0.15) is 0 Å². The van der Waals surface area contributed by atoms with E-state index in [1.807, 2.05) is 26.0 Å². The Balaban J connectivity index is 2.23. The Morgan fingerprint density at radius 3 is 2.90 bits per heavy atom. The minimum absolute atomic E-state index is 0.163. The summed E-state index contributed by atoms with van der Waals surface area (Å²) in [6.07, 6.45) is 4.60. The number of hydrogen-bond acceptors (Lipinski definition) is 4. The van der Waals surface area contributed by atoms with Crippen LogP contribution in [0.3, 0.4) is 0 Å². The van der Waals surface area contributed by atoms with Crippen molar-refractivity contribution in [1.29, 1.82) is 0 Å². The minimum atomic E-state index is -0.820. The molecule has 0 N–H and O–H groups in total. The zero-order valence-corrected chi connectivity index (χ0v) is 12.1. The van der Waals surface area contributed by atoms with Crippen molar-refractivity contribution in [3.8, 4) is 0 Å². The lowest BCUT2D eigenvalue weighted by molar-refractivity contribution is 0.0479. The maximum atomic E-state index is 13.8. The molecule has 0 aliphatic heterocycles. The van der Waals surface area contributed by atoms with E-state index < -0.39 is 11.9 Å².